The van der Waals surface area contributed by atoms with Gasteiger partial charge in [0.15, 0.2) is 0 Å². The molecule has 13 heavy (non-hydrogen) atoms. The largest absolute Gasteiger partial charge is 0.398 e. The monoisotopic (exact) mass is 284 g/mol. The van der Waals surface area contributed by atoms with E-state index in [0.29, 0.717) is 0 Å². The Morgan fingerprint density at radius 2 is 2.08 bits per heavy atom. The van der Waals surface area contributed by atoms with Gasteiger partial charge in [-0.1, -0.05) is 23.2 Å². The van der Waals surface area contributed by atoms with Crippen molar-refractivity contribution >= 4 is 50.5 Å². The lowest BCUT2D eigenvalue weighted by Gasteiger charge is -2.03. The highest BCUT2D eigenvalue weighted by atomic mass is 79.9. The smallest absolute Gasteiger partial charge is 0.307 e. The molecule has 0 heterocycles. The number of nitrogens with two attached hydrogens (primary N) is 1. The van der Waals surface area contributed by atoms with Crippen LogP contribution in [0.2, 0.25) is 10.0 Å². The van der Waals surface area contributed by atoms with Crippen molar-refractivity contribution in [3.63, 3.8) is 0 Å². The molecule has 0 amide bonds. The minimum Gasteiger partial charge on any atom is -0.398 e. The van der Waals surface area contributed by atoms with Gasteiger partial charge in [0, 0.05) is 5.69 Å². The zero-order valence-electron chi connectivity index (χ0n) is 6.05. The van der Waals surface area contributed by atoms with Gasteiger partial charge in [0.1, 0.15) is 10.0 Å². The maximum atomic E-state index is 10.5. The van der Waals surface area contributed by atoms with Gasteiger partial charge in [-0.25, -0.2) is 0 Å². The molecule has 0 spiro atoms. The van der Waals surface area contributed by atoms with Gasteiger partial charge in [-0.05, 0) is 22.0 Å². The first-order chi connectivity index (χ1) is 5.95. The molecule has 7 heteroatoms. The van der Waals surface area contributed by atoms with Crippen LogP contribution in [0.3, 0.4) is 0 Å². The average molecular weight is 286 g/mol. The Morgan fingerprint density at radius 3 is 2.54 bits per heavy atom. The molecule has 0 aliphatic rings. The number of nitrogens with zero attached hydrogens (tertiary/aromatic N) is 1. The van der Waals surface area contributed by atoms with Crippen LogP contribution in [-0.2, 0) is 0 Å². The summed E-state index contributed by atoms with van der Waals surface area (Å²) in [6.07, 6.45) is 0. The highest BCUT2D eigenvalue weighted by Crippen LogP contribution is 2.41. The first-order valence-electron chi connectivity index (χ1n) is 3.02. The van der Waals surface area contributed by atoms with Crippen molar-refractivity contribution < 1.29 is 4.92 Å². The second kappa shape index (κ2) is 3.69. The number of nitro benzene ring substituents is 1. The summed E-state index contributed by atoms with van der Waals surface area (Å²) in [6, 6.07) is 1.27. The lowest BCUT2D eigenvalue weighted by atomic mass is 10.3. The predicted molar refractivity (Wildman–Crippen MR) is 55.2 cm³/mol. The van der Waals surface area contributed by atoms with Crippen molar-refractivity contribution in [2.75, 3.05) is 5.73 Å². The minimum absolute atomic E-state index is 0.0734. The summed E-state index contributed by atoms with van der Waals surface area (Å²) < 4.78 is 0.283. The van der Waals surface area contributed by atoms with Gasteiger partial charge in [-0.2, -0.15) is 0 Å². The van der Waals surface area contributed by atoms with Crippen LogP contribution in [-0.4, -0.2) is 4.92 Å². The van der Waals surface area contributed by atoms with E-state index in [2.05, 4.69) is 15.9 Å². The second-order valence-corrected chi connectivity index (χ2v) is 3.76. The molecule has 0 unspecified atom stereocenters. The fraction of sp³-hybridized carbons (Fsp3) is 0. The maximum absolute atomic E-state index is 10.5. The van der Waals surface area contributed by atoms with Crippen LogP contribution in [0, 0.1) is 10.1 Å². The van der Waals surface area contributed by atoms with Crippen LogP contribution in [0.5, 0.6) is 0 Å². The van der Waals surface area contributed by atoms with E-state index in [1.807, 2.05) is 0 Å². The molecule has 0 saturated carbocycles. The summed E-state index contributed by atoms with van der Waals surface area (Å²) in [7, 11) is 0. The summed E-state index contributed by atoms with van der Waals surface area (Å²) in [5.41, 5.74) is 5.37. The molecular weight excluding hydrogens is 283 g/mol. The van der Waals surface area contributed by atoms with Crippen molar-refractivity contribution in [1.82, 2.24) is 0 Å². The fourth-order valence-corrected chi connectivity index (χ4v) is 1.68. The predicted octanol–water partition coefficient (Wildman–Crippen LogP) is 3.25. The van der Waals surface area contributed by atoms with Crippen LogP contribution >= 0.6 is 39.1 Å². The van der Waals surface area contributed by atoms with Crippen LogP contribution in [0.1, 0.15) is 0 Å². The number of anilines is 1. The third kappa shape index (κ3) is 1.87. The van der Waals surface area contributed by atoms with Crippen LogP contribution in [0.25, 0.3) is 0 Å². The van der Waals surface area contributed by atoms with E-state index in [-0.39, 0.29) is 25.9 Å². The van der Waals surface area contributed by atoms with Crippen molar-refractivity contribution in [2.45, 2.75) is 0 Å². The Morgan fingerprint density at radius 1 is 1.54 bits per heavy atom. The molecule has 0 saturated heterocycles. The second-order valence-electron chi connectivity index (χ2n) is 2.18. The van der Waals surface area contributed by atoms with E-state index in [4.69, 9.17) is 28.9 Å². The number of rotatable bonds is 1. The quantitative estimate of drug-likeness (QED) is 0.373. The van der Waals surface area contributed by atoms with Crippen molar-refractivity contribution in [3.05, 3.63) is 30.7 Å². The van der Waals surface area contributed by atoms with Gasteiger partial charge in [0.2, 0.25) is 0 Å². The average Bonchev–Trinajstić information content (AvgIpc) is 1.99. The normalized spacial score (nSPS) is 10.1. The first-order valence-corrected chi connectivity index (χ1v) is 4.57. The molecule has 1 rings (SSSR count). The van der Waals surface area contributed by atoms with E-state index < -0.39 is 4.92 Å². The SMILES string of the molecule is Nc1cc(Cl)c([N+](=O)[O-])c(Cl)c1Br. The molecule has 0 bridgehead atoms. The van der Waals surface area contributed by atoms with Gasteiger partial charge in [0.25, 0.3) is 0 Å². The summed E-state index contributed by atoms with van der Waals surface area (Å²) in [5, 5.41) is 10.3. The molecular formula is C6H3BrCl2N2O2. The van der Waals surface area contributed by atoms with E-state index >= 15 is 0 Å². The summed E-state index contributed by atoms with van der Waals surface area (Å²) in [6.45, 7) is 0. The zero-order valence-corrected chi connectivity index (χ0v) is 9.15. The molecule has 0 radical (unpaired) electrons. The van der Waals surface area contributed by atoms with Gasteiger partial charge in [0.05, 0.1) is 9.40 Å². The van der Waals surface area contributed by atoms with E-state index in [0.717, 1.165) is 0 Å². The molecule has 0 aromatic heterocycles. The molecule has 1 aromatic carbocycles. The van der Waals surface area contributed by atoms with Crippen molar-refractivity contribution in [2.24, 2.45) is 0 Å². The topological polar surface area (TPSA) is 69.2 Å². The zero-order chi connectivity index (χ0) is 10.2. The number of hydrogen-bond acceptors (Lipinski definition) is 3. The summed E-state index contributed by atoms with van der Waals surface area (Å²) in [4.78, 5) is 9.82. The molecule has 4 nitrogen and oxygen atoms in total. The van der Waals surface area contributed by atoms with E-state index in [9.17, 15) is 10.1 Å². The third-order valence-electron chi connectivity index (χ3n) is 1.35. The molecule has 0 aliphatic carbocycles. The van der Waals surface area contributed by atoms with E-state index in [1.165, 1.54) is 6.07 Å². The van der Waals surface area contributed by atoms with Crippen molar-refractivity contribution in [3.8, 4) is 0 Å². The molecule has 2 N–H and O–H groups in total. The van der Waals surface area contributed by atoms with Gasteiger partial charge >= 0.3 is 5.69 Å². The van der Waals surface area contributed by atoms with Crippen LogP contribution in [0.4, 0.5) is 11.4 Å². The molecule has 1 aromatic rings. The minimum atomic E-state index is -0.658. The van der Waals surface area contributed by atoms with Gasteiger partial charge < -0.3 is 5.73 Å². The number of halogens is 3. The Hall–Kier alpha value is -0.520. The molecule has 0 aliphatic heterocycles. The molecule has 0 atom stereocenters. The maximum Gasteiger partial charge on any atom is 0.307 e. The highest BCUT2D eigenvalue weighted by Gasteiger charge is 2.21. The van der Waals surface area contributed by atoms with Gasteiger partial charge in [-0.3, -0.25) is 10.1 Å². The lowest BCUT2D eigenvalue weighted by Crippen LogP contribution is -1.94. The first kappa shape index (κ1) is 10.6. The number of nitro groups is 1. The summed E-state index contributed by atoms with van der Waals surface area (Å²) in [5.74, 6) is 0. The Labute approximate surface area is 91.9 Å². The molecule has 0 fully saturated rings. The Balaban J connectivity index is 3.53. The standard InChI is InChI=1S/C6H3BrCl2N2O2/c7-4-3(10)1-2(8)6(5(4)9)11(12)13/h1H,10H2. The van der Waals surface area contributed by atoms with Crippen LogP contribution < -0.4 is 5.73 Å². The third-order valence-corrected chi connectivity index (χ3v) is 3.08. The highest BCUT2D eigenvalue weighted by molar-refractivity contribution is 9.10. The number of hydrogen-bond donors (Lipinski definition) is 1. The Bertz CT molecular complexity index is 383. The van der Waals surface area contributed by atoms with Gasteiger partial charge in [-0.15, -0.1) is 0 Å². The summed E-state index contributed by atoms with van der Waals surface area (Å²) >= 11 is 14.2. The molecule has 70 valence electrons. The van der Waals surface area contributed by atoms with E-state index in [1.54, 1.807) is 0 Å². The number of benzene rings is 1. The lowest BCUT2D eigenvalue weighted by molar-refractivity contribution is -0.384. The Kier molecular flexibility index (Phi) is 3.00. The number of nitrogen functional groups attached to an aromatic ring is 1. The fourth-order valence-electron chi connectivity index (χ4n) is 0.771. The van der Waals surface area contributed by atoms with Crippen LogP contribution in [0.15, 0.2) is 10.5 Å². The van der Waals surface area contributed by atoms with Crippen molar-refractivity contribution in [1.29, 1.82) is 0 Å².